The SMILES string of the molecule is CCCC1(C)C(=O)OC(C)(C)OC1=O. The first-order valence-corrected chi connectivity index (χ1v) is 4.79. The number of hydrogen-bond acceptors (Lipinski definition) is 4. The maximum atomic E-state index is 11.6. The molecule has 0 saturated carbocycles. The van der Waals surface area contributed by atoms with Crippen molar-refractivity contribution in [2.45, 2.75) is 46.3 Å². The van der Waals surface area contributed by atoms with Gasteiger partial charge in [0.1, 0.15) is 0 Å². The van der Waals surface area contributed by atoms with Crippen molar-refractivity contribution in [2.75, 3.05) is 0 Å². The van der Waals surface area contributed by atoms with E-state index >= 15 is 0 Å². The first-order valence-electron chi connectivity index (χ1n) is 4.79. The molecule has 4 nitrogen and oxygen atoms in total. The summed E-state index contributed by atoms with van der Waals surface area (Å²) < 4.78 is 10.1. The highest BCUT2D eigenvalue weighted by atomic mass is 16.7. The number of esters is 2. The van der Waals surface area contributed by atoms with Crippen LogP contribution in [-0.2, 0) is 19.1 Å². The van der Waals surface area contributed by atoms with Gasteiger partial charge in [-0.05, 0) is 13.3 Å². The zero-order valence-electron chi connectivity index (χ0n) is 9.05. The van der Waals surface area contributed by atoms with E-state index in [2.05, 4.69) is 0 Å². The van der Waals surface area contributed by atoms with Crippen LogP contribution >= 0.6 is 0 Å². The zero-order chi connectivity index (χ0) is 11.0. The fourth-order valence-electron chi connectivity index (χ4n) is 1.48. The van der Waals surface area contributed by atoms with E-state index in [0.29, 0.717) is 6.42 Å². The Kier molecular flexibility index (Phi) is 2.56. The van der Waals surface area contributed by atoms with Crippen molar-refractivity contribution < 1.29 is 19.1 Å². The summed E-state index contributed by atoms with van der Waals surface area (Å²) in [6.45, 7) is 6.57. The molecule has 1 fully saturated rings. The Balaban J connectivity index is 2.91. The highest BCUT2D eigenvalue weighted by molar-refractivity contribution is 6.01. The van der Waals surface area contributed by atoms with Crippen molar-refractivity contribution >= 4 is 11.9 Å². The molecule has 0 atom stereocenters. The third-order valence-electron chi connectivity index (χ3n) is 2.33. The molecule has 0 radical (unpaired) electrons. The van der Waals surface area contributed by atoms with Gasteiger partial charge in [0, 0.05) is 13.8 Å². The van der Waals surface area contributed by atoms with E-state index in [1.807, 2.05) is 6.92 Å². The molecular formula is C10H16O4. The van der Waals surface area contributed by atoms with Crippen LogP contribution in [0.25, 0.3) is 0 Å². The second kappa shape index (κ2) is 3.26. The molecule has 80 valence electrons. The highest BCUT2D eigenvalue weighted by Gasteiger charge is 2.52. The van der Waals surface area contributed by atoms with Crippen LogP contribution in [0.3, 0.4) is 0 Å². The standard InChI is InChI=1S/C10H16O4/c1-5-6-10(4)7(11)13-9(2,3)14-8(10)12/h5-6H2,1-4H3. The molecule has 1 heterocycles. The molecule has 1 aliphatic rings. The lowest BCUT2D eigenvalue weighted by molar-refractivity contribution is -0.250. The molecule has 0 aliphatic carbocycles. The Hall–Kier alpha value is -1.06. The van der Waals surface area contributed by atoms with Gasteiger partial charge in [-0.2, -0.15) is 0 Å². The molecule has 1 aliphatic heterocycles. The summed E-state index contributed by atoms with van der Waals surface area (Å²) in [5.41, 5.74) is -1.12. The summed E-state index contributed by atoms with van der Waals surface area (Å²) in [4.78, 5) is 23.2. The summed E-state index contributed by atoms with van der Waals surface area (Å²) >= 11 is 0. The van der Waals surface area contributed by atoms with Crippen LogP contribution < -0.4 is 0 Å². The quantitative estimate of drug-likeness (QED) is 0.502. The molecule has 0 bridgehead atoms. The van der Waals surface area contributed by atoms with Crippen LogP contribution in [0.1, 0.15) is 40.5 Å². The minimum Gasteiger partial charge on any atom is -0.422 e. The fraction of sp³-hybridized carbons (Fsp3) is 0.800. The minimum absolute atomic E-state index is 0.459. The molecular weight excluding hydrogens is 184 g/mol. The number of cyclic esters (lactones) is 2. The molecule has 0 N–H and O–H groups in total. The van der Waals surface area contributed by atoms with Crippen molar-refractivity contribution in [3.8, 4) is 0 Å². The minimum atomic E-state index is -1.12. The first kappa shape index (κ1) is 11.0. The second-order valence-corrected chi connectivity index (χ2v) is 4.26. The van der Waals surface area contributed by atoms with Gasteiger partial charge in [-0.1, -0.05) is 13.3 Å². The van der Waals surface area contributed by atoms with Crippen molar-refractivity contribution in [1.82, 2.24) is 0 Å². The van der Waals surface area contributed by atoms with Crippen LogP contribution in [0.4, 0.5) is 0 Å². The predicted octanol–water partition coefficient (Wildman–Crippen LogP) is 1.63. The number of carbonyl (C=O) groups excluding carboxylic acids is 2. The van der Waals surface area contributed by atoms with Crippen LogP contribution in [0.5, 0.6) is 0 Å². The van der Waals surface area contributed by atoms with Crippen molar-refractivity contribution in [3.63, 3.8) is 0 Å². The maximum Gasteiger partial charge on any atom is 0.326 e. The van der Waals surface area contributed by atoms with Gasteiger partial charge in [-0.3, -0.25) is 9.59 Å². The molecule has 0 aromatic rings. The molecule has 0 spiro atoms. The van der Waals surface area contributed by atoms with Gasteiger partial charge in [-0.25, -0.2) is 0 Å². The van der Waals surface area contributed by atoms with Crippen LogP contribution in [-0.4, -0.2) is 17.7 Å². The van der Waals surface area contributed by atoms with Crippen molar-refractivity contribution in [2.24, 2.45) is 5.41 Å². The van der Waals surface area contributed by atoms with Gasteiger partial charge in [0.25, 0.3) is 5.79 Å². The average Bonchev–Trinajstić information content (AvgIpc) is 2.00. The molecule has 14 heavy (non-hydrogen) atoms. The lowest BCUT2D eigenvalue weighted by Crippen LogP contribution is -2.52. The molecule has 0 aromatic carbocycles. The summed E-state index contributed by atoms with van der Waals surface area (Å²) in [5, 5.41) is 0. The Labute approximate surface area is 83.6 Å². The lowest BCUT2D eigenvalue weighted by atomic mass is 9.85. The van der Waals surface area contributed by atoms with E-state index < -0.39 is 23.1 Å². The second-order valence-electron chi connectivity index (χ2n) is 4.26. The molecule has 0 aromatic heterocycles. The number of hydrogen-bond donors (Lipinski definition) is 0. The molecule has 0 amide bonds. The Morgan fingerprint density at radius 2 is 1.50 bits per heavy atom. The van der Waals surface area contributed by atoms with Crippen molar-refractivity contribution in [1.29, 1.82) is 0 Å². The summed E-state index contributed by atoms with van der Waals surface area (Å²) in [6, 6.07) is 0. The number of rotatable bonds is 2. The molecule has 4 heteroatoms. The fourth-order valence-corrected chi connectivity index (χ4v) is 1.48. The van der Waals surface area contributed by atoms with Crippen molar-refractivity contribution in [3.05, 3.63) is 0 Å². The third kappa shape index (κ3) is 1.74. The third-order valence-corrected chi connectivity index (χ3v) is 2.33. The number of ether oxygens (including phenoxy) is 2. The summed E-state index contributed by atoms with van der Waals surface area (Å²) in [6.07, 6.45) is 1.20. The van der Waals surface area contributed by atoms with Gasteiger partial charge < -0.3 is 9.47 Å². The van der Waals surface area contributed by atoms with Gasteiger partial charge in [0.05, 0.1) is 0 Å². The zero-order valence-corrected chi connectivity index (χ0v) is 9.05. The van der Waals surface area contributed by atoms with Gasteiger partial charge >= 0.3 is 11.9 Å². The van der Waals surface area contributed by atoms with E-state index in [1.54, 1.807) is 20.8 Å². The molecule has 1 rings (SSSR count). The average molecular weight is 200 g/mol. The summed E-state index contributed by atoms with van der Waals surface area (Å²) in [5.74, 6) is -2.09. The van der Waals surface area contributed by atoms with E-state index in [0.717, 1.165) is 6.42 Å². The smallest absolute Gasteiger partial charge is 0.326 e. The Bertz CT molecular complexity index is 247. The van der Waals surface area contributed by atoms with E-state index in [1.165, 1.54) is 0 Å². The number of carbonyl (C=O) groups is 2. The van der Waals surface area contributed by atoms with Gasteiger partial charge in [-0.15, -0.1) is 0 Å². The lowest BCUT2D eigenvalue weighted by Gasteiger charge is -2.38. The van der Waals surface area contributed by atoms with Crippen LogP contribution in [0.15, 0.2) is 0 Å². The normalized spacial score (nSPS) is 24.0. The largest absolute Gasteiger partial charge is 0.422 e. The van der Waals surface area contributed by atoms with E-state index in [-0.39, 0.29) is 0 Å². The molecule has 0 unspecified atom stereocenters. The van der Waals surface area contributed by atoms with Gasteiger partial charge in [0.15, 0.2) is 5.41 Å². The Morgan fingerprint density at radius 3 is 1.86 bits per heavy atom. The van der Waals surface area contributed by atoms with E-state index in [9.17, 15) is 9.59 Å². The Morgan fingerprint density at radius 1 is 1.07 bits per heavy atom. The predicted molar refractivity (Wildman–Crippen MR) is 49.3 cm³/mol. The topological polar surface area (TPSA) is 52.6 Å². The van der Waals surface area contributed by atoms with Crippen LogP contribution in [0.2, 0.25) is 0 Å². The van der Waals surface area contributed by atoms with E-state index in [4.69, 9.17) is 9.47 Å². The summed E-state index contributed by atoms with van der Waals surface area (Å²) in [7, 11) is 0. The monoisotopic (exact) mass is 200 g/mol. The van der Waals surface area contributed by atoms with Crippen LogP contribution in [0, 0.1) is 5.41 Å². The maximum absolute atomic E-state index is 11.6. The first-order chi connectivity index (χ1) is 6.32. The highest BCUT2D eigenvalue weighted by Crippen LogP contribution is 2.35. The molecule has 1 saturated heterocycles. The van der Waals surface area contributed by atoms with Gasteiger partial charge in [0.2, 0.25) is 0 Å².